The Morgan fingerprint density at radius 3 is 2.83 bits per heavy atom. The summed E-state index contributed by atoms with van der Waals surface area (Å²) < 4.78 is 5.60. The third-order valence-electron chi connectivity index (χ3n) is 3.17. The van der Waals surface area contributed by atoms with Crippen molar-refractivity contribution in [2.45, 2.75) is 38.2 Å². The number of carbonyl (C=O) groups excluding carboxylic acids is 1. The van der Waals surface area contributed by atoms with Crippen LogP contribution in [0, 0.1) is 0 Å². The number of nitrogens with two attached hydrogens (primary N) is 1. The van der Waals surface area contributed by atoms with E-state index in [9.17, 15) is 4.79 Å². The zero-order valence-corrected chi connectivity index (χ0v) is 10.5. The lowest BCUT2D eigenvalue weighted by molar-refractivity contribution is -0.123. The number of hydrogen-bond acceptors (Lipinski definition) is 3. The van der Waals surface area contributed by atoms with E-state index >= 15 is 0 Å². The van der Waals surface area contributed by atoms with Gasteiger partial charge >= 0.3 is 0 Å². The highest BCUT2D eigenvalue weighted by Gasteiger charge is 2.15. The van der Waals surface area contributed by atoms with Gasteiger partial charge in [0.05, 0.1) is 6.10 Å². The quantitative estimate of drug-likeness (QED) is 0.805. The molecule has 98 valence electrons. The number of nitrogen functional groups attached to an aromatic ring is 1. The molecule has 0 heterocycles. The molecule has 0 saturated heterocycles. The van der Waals surface area contributed by atoms with Gasteiger partial charge < -0.3 is 15.8 Å². The van der Waals surface area contributed by atoms with Gasteiger partial charge in [0.15, 0.2) is 0 Å². The van der Waals surface area contributed by atoms with Crippen LogP contribution in [-0.4, -0.2) is 18.6 Å². The number of amides is 1. The van der Waals surface area contributed by atoms with Crippen molar-refractivity contribution in [3.63, 3.8) is 0 Å². The zero-order chi connectivity index (χ0) is 12.8. The SMILES string of the molecule is Nc1cccc(NC(=O)COC2CCCCC2)c1. The summed E-state index contributed by atoms with van der Waals surface area (Å²) in [7, 11) is 0. The molecule has 1 aromatic carbocycles. The van der Waals surface area contributed by atoms with Crippen LogP contribution in [0.1, 0.15) is 32.1 Å². The molecule has 0 radical (unpaired) electrons. The monoisotopic (exact) mass is 248 g/mol. The predicted molar refractivity (Wildman–Crippen MR) is 72.3 cm³/mol. The fourth-order valence-electron chi connectivity index (χ4n) is 2.24. The van der Waals surface area contributed by atoms with Gasteiger partial charge in [-0.25, -0.2) is 0 Å². The van der Waals surface area contributed by atoms with E-state index in [0.29, 0.717) is 11.4 Å². The summed E-state index contributed by atoms with van der Waals surface area (Å²) in [5.41, 5.74) is 7.00. The predicted octanol–water partition coefficient (Wildman–Crippen LogP) is 2.56. The van der Waals surface area contributed by atoms with Crippen LogP contribution < -0.4 is 11.1 Å². The molecule has 0 atom stereocenters. The fourth-order valence-corrected chi connectivity index (χ4v) is 2.24. The van der Waals surface area contributed by atoms with Gasteiger partial charge in [-0.1, -0.05) is 25.3 Å². The summed E-state index contributed by atoms with van der Waals surface area (Å²) in [6.45, 7) is 0.124. The maximum absolute atomic E-state index is 11.7. The van der Waals surface area contributed by atoms with E-state index in [2.05, 4.69) is 5.32 Å². The van der Waals surface area contributed by atoms with E-state index in [4.69, 9.17) is 10.5 Å². The van der Waals surface area contributed by atoms with Crippen LogP contribution in [0.15, 0.2) is 24.3 Å². The van der Waals surface area contributed by atoms with Crippen molar-refractivity contribution in [3.05, 3.63) is 24.3 Å². The van der Waals surface area contributed by atoms with Crippen LogP contribution in [0.2, 0.25) is 0 Å². The maximum atomic E-state index is 11.7. The summed E-state index contributed by atoms with van der Waals surface area (Å²) in [5.74, 6) is -0.119. The highest BCUT2D eigenvalue weighted by molar-refractivity contribution is 5.92. The molecule has 0 spiro atoms. The Labute approximate surface area is 108 Å². The molecule has 0 aliphatic heterocycles. The number of anilines is 2. The Morgan fingerprint density at radius 2 is 2.11 bits per heavy atom. The summed E-state index contributed by atoms with van der Waals surface area (Å²) >= 11 is 0. The van der Waals surface area contributed by atoms with Gasteiger partial charge in [-0.05, 0) is 31.0 Å². The first-order valence-corrected chi connectivity index (χ1v) is 6.51. The van der Waals surface area contributed by atoms with Crippen molar-refractivity contribution in [2.24, 2.45) is 0 Å². The summed E-state index contributed by atoms with van der Waals surface area (Å²) in [6, 6.07) is 7.15. The molecule has 1 aliphatic carbocycles. The van der Waals surface area contributed by atoms with E-state index in [1.54, 1.807) is 12.1 Å². The summed E-state index contributed by atoms with van der Waals surface area (Å²) in [5, 5.41) is 2.78. The van der Waals surface area contributed by atoms with Crippen molar-refractivity contribution in [3.8, 4) is 0 Å². The van der Waals surface area contributed by atoms with E-state index < -0.39 is 0 Å². The van der Waals surface area contributed by atoms with Crippen molar-refractivity contribution in [2.75, 3.05) is 17.7 Å². The lowest BCUT2D eigenvalue weighted by Crippen LogP contribution is -2.24. The normalized spacial score (nSPS) is 16.4. The first kappa shape index (κ1) is 12.9. The van der Waals surface area contributed by atoms with Crippen LogP contribution in [-0.2, 0) is 9.53 Å². The largest absolute Gasteiger partial charge is 0.399 e. The summed E-state index contributed by atoms with van der Waals surface area (Å²) in [6.07, 6.45) is 6.11. The molecule has 1 saturated carbocycles. The van der Waals surface area contributed by atoms with Crippen LogP contribution in [0.4, 0.5) is 11.4 Å². The fraction of sp³-hybridized carbons (Fsp3) is 0.500. The van der Waals surface area contributed by atoms with Gasteiger partial charge in [-0.2, -0.15) is 0 Å². The molecular weight excluding hydrogens is 228 g/mol. The second kappa shape index (κ2) is 6.40. The van der Waals surface area contributed by atoms with Crippen LogP contribution >= 0.6 is 0 Å². The number of hydrogen-bond donors (Lipinski definition) is 2. The number of nitrogens with one attached hydrogen (secondary N) is 1. The maximum Gasteiger partial charge on any atom is 0.250 e. The topological polar surface area (TPSA) is 64.3 Å². The minimum Gasteiger partial charge on any atom is -0.399 e. The molecule has 3 N–H and O–H groups in total. The molecule has 2 rings (SSSR count). The second-order valence-corrected chi connectivity index (χ2v) is 4.74. The Morgan fingerprint density at radius 1 is 1.33 bits per heavy atom. The Balaban J connectivity index is 1.74. The van der Waals surface area contributed by atoms with E-state index in [1.165, 1.54) is 19.3 Å². The molecule has 0 aromatic heterocycles. The summed E-state index contributed by atoms with van der Waals surface area (Å²) in [4.78, 5) is 11.7. The van der Waals surface area contributed by atoms with Crippen molar-refractivity contribution in [1.29, 1.82) is 0 Å². The smallest absolute Gasteiger partial charge is 0.250 e. The number of ether oxygens (including phenoxy) is 1. The molecule has 4 heteroatoms. The second-order valence-electron chi connectivity index (χ2n) is 4.74. The van der Waals surface area contributed by atoms with Gasteiger partial charge in [0.1, 0.15) is 6.61 Å². The third kappa shape index (κ3) is 4.04. The minimum absolute atomic E-state index is 0.119. The van der Waals surface area contributed by atoms with E-state index in [-0.39, 0.29) is 18.6 Å². The van der Waals surface area contributed by atoms with Crippen LogP contribution in [0.5, 0.6) is 0 Å². The number of carbonyl (C=O) groups is 1. The van der Waals surface area contributed by atoms with Crippen molar-refractivity contribution < 1.29 is 9.53 Å². The Kier molecular flexibility index (Phi) is 4.59. The molecule has 0 bridgehead atoms. The van der Waals surface area contributed by atoms with Crippen LogP contribution in [0.25, 0.3) is 0 Å². The highest BCUT2D eigenvalue weighted by atomic mass is 16.5. The lowest BCUT2D eigenvalue weighted by Gasteiger charge is -2.21. The lowest BCUT2D eigenvalue weighted by atomic mass is 9.98. The molecule has 18 heavy (non-hydrogen) atoms. The van der Waals surface area contributed by atoms with E-state index in [0.717, 1.165) is 12.8 Å². The molecule has 0 unspecified atom stereocenters. The Bertz CT molecular complexity index is 401. The average Bonchev–Trinajstić information content (AvgIpc) is 2.38. The first-order chi connectivity index (χ1) is 8.74. The minimum atomic E-state index is -0.119. The van der Waals surface area contributed by atoms with Crippen molar-refractivity contribution in [1.82, 2.24) is 0 Å². The first-order valence-electron chi connectivity index (χ1n) is 6.51. The molecule has 1 fully saturated rings. The molecule has 4 nitrogen and oxygen atoms in total. The van der Waals surface area contributed by atoms with Gasteiger partial charge in [-0.3, -0.25) is 4.79 Å². The highest BCUT2D eigenvalue weighted by Crippen LogP contribution is 2.20. The average molecular weight is 248 g/mol. The third-order valence-corrected chi connectivity index (χ3v) is 3.17. The standard InChI is InChI=1S/C14H20N2O2/c15-11-5-4-6-12(9-11)16-14(17)10-18-13-7-2-1-3-8-13/h4-6,9,13H,1-3,7-8,10,15H2,(H,16,17). The molecular formula is C14H20N2O2. The molecule has 1 aliphatic rings. The van der Waals surface area contributed by atoms with Gasteiger partial charge in [0, 0.05) is 11.4 Å². The number of benzene rings is 1. The van der Waals surface area contributed by atoms with Crippen LogP contribution in [0.3, 0.4) is 0 Å². The van der Waals surface area contributed by atoms with E-state index in [1.807, 2.05) is 12.1 Å². The van der Waals surface area contributed by atoms with Gasteiger partial charge in [0.25, 0.3) is 0 Å². The number of rotatable bonds is 4. The van der Waals surface area contributed by atoms with Gasteiger partial charge in [-0.15, -0.1) is 0 Å². The van der Waals surface area contributed by atoms with Gasteiger partial charge in [0.2, 0.25) is 5.91 Å². The van der Waals surface area contributed by atoms with Crippen molar-refractivity contribution >= 4 is 17.3 Å². The zero-order valence-electron chi connectivity index (χ0n) is 10.5. The molecule has 1 amide bonds. The Hall–Kier alpha value is -1.55. The molecule has 1 aromatic rings.